The lowest BCUT2D eigenvalue weighted by Crippen LogP contribution is -2.29. The van der Waals surface area contributed by atoms with Gasteiger partial charge >= 0.3 is 5.97 Å². The summed E-state index contributed by atoms with van der Waals surface area (Å²) in [6.07, 6.45) is 1.50. The summed E-state index contributed by atoms with van der Waals surface area (Å²) in [5.74, 6) is -1.87. The molecule has 29 heavy (non-hydrogen) atoms. The van der Waals surface area contributed by atoms with Gasteiger partial charge in [-0.15, -0.1) is 0 Å². The first-order valence-corrected chi connectivity index (χ1v) is 9.40. The Bertz CT molecular complexity index is 1030. The van der Waals surface area contributed by atoms with Crippen LogP contribution in [0.1, 0.15) is 11.1 Å². The second-order valence-corrected chi connectivity index (χ2v) is 7.27. The lowest BCUT2D eigenvalue weighted by Gasteiger charge is -2.25. The summed E-state index contributed by atoms with van der Waals surface area (Å²) in [4.78, 5) is 12.8. The average Bonchev–Trinajstić information content (AvgIpc) is 3.32. The van der Waals surface area contributed by atoms with Crippen LogP contribution in [0.4, 0.5) is 0 Å². The molecule has 4 rings (SSSR count). The van der Waals surface area contributed by atoms with Crippen LogP contribution in [-0.2, 0) is 31.2 Å². The number of hydrogen-bond donors (Lipinski definition) is 1. The summed E-state index contributed by atoms with van der Waals surface area (Å²) >= 11 is 12.1. The normalized spacial score (nSPS) is 20.8. The van der Waals surface area contributed by atoms with E-state index < -0.39 is 11.8 Å². The van der Waals surface area contributed by atoms with E-state index in [1.807, 2.05) is 0 Å². The van der Waals surface area contributed by atoms with Crippen LogP contribution in [0, 0.1) is 0 Å². The highest BCUT2D eigenvalue weighted by Gasteiger charge is 2.50. The second-order valence-electron chi connectivity index (χ2n) is 6.45. The van der Waals surface area contributed by atoms with Crippen molar-refractivity contribution in [3.63, 3.8) is 0 Å². The number of aliphatic hydroxyl groups is 1. The zero-order chi connectivity index (χ0) is 20.6. The number of esters is 1. The fourth-order valence-electron chi connectivity index (χ4n) is 3.28. The molecule has 2 aromatic carbocycles. The predicted octanol–water partition coefficient (Wildman–Crippen LogP) is 4.09. The lowest BCUT2D eigenvalue weighted by molar-refractivity contribution is -0.185. The van der Waals surface area contributed by atoms with Crippen molar-refractivity contribution in [3.8, 4) is 5.75 Å². The number of cyclic esters (lactones) is 1. The summed E-state index contributed by atoms with van der Waals surface area (Å²) < 4.78 is 21.2. The van der Waals surface area contributed by atoms with Crippen molar-refractivity contribution >= 4 is 29.2 Å². The molecule has 1 N–H and O–H groups in total. The van der Waals surface area contributed by atoms with Crippen LogP contribution in [-0.4, -0.2) is 25.0 Å². The Morgan fingerprint density at radius 1 is 1.14 bits per heavy atom. The molecule has 0 aliphatic carbocycles. The van der Waals surface area contributed by atoms with Crippen molar-refractivity contribution in [1.29, 1.82) is 0 Å². The van der Waals surface area contributed by atoms with Gasteiger partial charge in [-0.25, -0.2) is 4.79 Å². The minimum Gasteiger partial charge on any atom is -0.497 e. The van der Waals surface area contributed by atoms with Crippen LogP contribution in [0.15, 0.2) is 65.6 Å². The topological polar surface area (TPSA) is 74.2 Å². The first kappa shape index (κ1) is 19.6. The van der Waals surface area contributed by atoms with Gasteiger partial charge in [-0.1, -0.05) is 29.3 Å². The van der Waals surface area contributed by atoms with E-state index in [4.69, 9.17) is 42.1 Å². The van der Waals surface area contributed by atoms with E-state index in [1.165, 1.54) is 13.4 Å². The Hall–Kier alpha value is -2.67. The summed E-state index contributed by atoms with van der Waals surface area (Å²) in [7, 11) is 1.54. The van der Waals surface area contributed by atoms with E-state index in [1.54, 1.807) is 42.5 Å². The summed E-state index contributed by atoms with van der Waals surface area (Å²) in [5, 5.41) is 12.2. The zero-order valence-electron chi connectivity index (χ0n) is 15.3. The van der Waals surface area contributed by atoms with Gasteiger partial charge in [-0.3, -0.25) is 0 Å². The highest BCUT2D eigenvalue weighted by Crippen LogP contribution is 2.45. The van der Waals surface area contributed by atoms with Crippen molar-refractivity contribution in [1.82, 2.24) is 0 Å². The molecule has 2 heterocycles. The smallest absolute Gasteiger partial charge is 0.338 e. The first-order chi connectivity index (χ1) is 13.9. The number of halogens is 2. The largest absolute Gasteiger partial charge is 0.497 e. The molecule has 0 radical (unpaired) electrons. The average molecular weight is 435 g/mol. The Morgan fingerprint density at radius 3 is 2.52 bits per heavy atom. The van der Waals surface area contributed by atoms with Crippen molar-refractivity contribution in [2.24, 2.45) is 0 Å². The van der Waals surface area contributed by atoms with Gasteiger partial charge in [0.1, 0.15) is 12.0 Å². The molecule has 0 aromatic heterocycles. The Kier molecular flexibility index (Phi) is 5.17. The minimum absolute atomic E-state index is 0.0221. The molecule has 1 unspecified atom stereocenters. The SMILES string of the molecule is COc1ccc(C2(O)OC(=O)C(Cc3ccc(Cl)c(Cl)c3)=C2C2=COCO2)cc1. The van der Waals surface area contributed by atoms with E-state index in [9.17, 15) is 9.90 Å². The van der Waals surface area contributed by atoms with Crippen LogP contribution in [0.2, 0.25) is 10.0 Å². The molecule has 2 aliphatic heterocycles. The molecule has 150 valence electrons. The van der Waals surface area contributed by atoms with Crippen molar-refractivity contribution < 1.29 is 28.8 Å². The molecule has 0 spiro atoms. The summed E-state index contributed by atoms with van der Waals surface area (Å²) in [5.41, 5.74) is 1.50. The third kappa shape index (κ3) is 3.55. The molecule has 2 aromatic rings. The van der Waals surface area contributed by atoms with Crippen molar-refractivity contribution in [3.05, 3.63) is 86.8 Å². The fraction of sp³-hybridized carbons (Fsp3) is 0.190. The first-order valence-electron chi connectivity index (χ1n) is 8.65. The number of benzene rings is 2. The van der Waals surface area contributed by atoms with E-state index in [-0.39, 0.29) is 30.1 Å². The minimum atomic E-state index is -2.03. The number of methoxy groups -OCH3 is 1. The number of ether oxygens (including phenoxy) is 4. The second kappa shape index (κ2) is 7.63. The lowest BCUT2D eigenvalue weighted by atomic mass is 9.91. The Labute approximate surface area is 176 Å². The third-order valence-corrected chi connectivity index (χ3v) is 5.43. The van der Waals surface area contributed by atoms with E-state index in [2.05, 4.69) is 0 Å². The van der Waals surface area contributed by atoms with Gasteiger partial charge in [-0.2, -0.15) is 0 Å². The Morgan fingerprint density at radius 2 is 1.90 bits per heavy atom. The van der Waals surface area contributed by atoms with Gasteiger partial charge in [-0.05, 0) is 42.0 Å². The zero-order valence-corrected chi connectivity index (χ0v) is 16.8. The monoisotopic (exact) mass is 434 g/mol. The van der Waals surface area contributed by atoms with Gasteiger partial charge in [0, 0.05) is 12.0 Å². The molecule has 0 saturated carbocycles. The molecular formula is C21H16Cl2O6. The van der Waals surface area contributed by atoms with Crippen molar-refractivity contribution in [2.75, 3.05) is 13.9 Å². The number of hydrogen-bond acceptors (Lipinski definition) is 6. The predicted molar refractivity (Wildman–Crippen MR) is 105 cm³/mol. The van der Waals surface area contributed by atoms with Gasteiger partial charge < -0.3 is 24.1 Å². The number of carbonyl (C=O) groups is 1. The van der Waals surface area contributed by atoms with Crippen molar-refractivity contribution in [2.45, 2.75) is 12.2 Å². The third-order valence-electron chi connectivity index (χ3n) is 4.69. The molecule has 2 aliphatic rings. The Balaban J connectivity index is 1.81. The maximum absolute atomic E-state index is 12.8. The van der Waals surface area contributed by atoms with Gasteiger partial charge in [0.25, 0.3) is 5.79 Å². The molecule has 6 nitrogen and oxygen atoms in total. The van der Waals surface area contributed by atoms with E-state index in [0.717, 1.165) is 5.56 Å². The number of carbonyl (C=O) groups excluding carboxylic acids is 1. The quantitative estimate of drug-likeness (QED) is 0.714. The molecule has 0 amide bonds. The molecule has 0 fully saturated rings. The highest BCUT2D eigenvalue weighted by molar-refractivity contribution is 6.42. The van der Waals surface area contributed by atoms with Crippen LogP contribution in [0.25, 0.3) is 0 Å². The molecule has 0 saturated heterocycles. The van der Waals surface area contributed by atoms with E-state index >= 15 is 0 Å². The van der Waals surface area contributed by atoms with Crippen LogP contribution in [0.5, 0.6) is 5.75 Å². The van der Waals surface area contributed by atoms with Crippen LogP contribution in [0.3, 0.4) is 0 Å². The fourth-order valence-corrected chi connectivity index (χ4v) is 3.60. The van der Waals surface area contributed by atoms with Gasteiger partial charge in [0.15, 0.2) is 5.76 Å². The van der Waals surface area contributed by atoms with Gasteiger partial charge in [0.05, 0.1) is 28.3 Å². The maximum atomic E-state index is 12.8. The van der Waals surface area contributed by atoms with Gasteiger partial charge in [0.2, 0.25) is 6.79 Å². The summed E-state index contributed by atoms with van der Waals surface area (Å²) in [6.45, 7) is -0.0221. The molecule has 0 bridgehead atoms. The van der Waals surface area contributed by atoms with Crippen LogP contribution >= 0.6 is 23.2 Å². The molecular weight excluding hydrogens is 419 g/mol. The van der Waals surface area contributed by atoms with Crippen LogP contribution < -0.4 is 4.74 Å². The number of rotatable bonds is 5. The maximum Gasteiger partial charge on any atom is 0.338 e. The summed E-state index contributed by atoms with van der Waals surface area (Å²) in [6, 6.07) is 11.6. The molecule has 1 atom stereocenters. The standard InChI is InChI=1S/C21H16Cl2O6/c1-26-14-5-3-13(4-6-14)21(25)19(18-10-27-11-28-18)15(20(24)29-21)8-12-2-7-16(22)17(23)9-12/h2-7,9-10,25H,8,11H2,1H3. The van der Waals surface area contributed by atoms with E-state index in [0.29, 0.717) is 21.4 Å². The molecule has 8 heteroatoms. The highest BCUT2D eigenvalue weighted by atomic mass is 35.5.